The normalized spacial score (nSPS) is 10.8. The van der Waals surface area contributed by atoms with Crippen molar-refractivity contribution in [3.8, 4) is 5.75 Å². The molecule has 3 rings (SSSR count). The van der Waals surface area contributed by atoms with Gasteiger partial charge in [-0.05, 0) is 54.2 Å². The standard InChI is InChI=1S/C19H17Cl2N7O2S/c20-15-2-1-3-16(18(15)21)24-17(29)10-28-9-13(25-27-28)11-30-14-6-4-12(5-7-14)8-23-26-19(22)31/h1-9H,10-11H2,(H,24,29)(H3,22,26,31)/b23-8+. The van der Waals surface area contributed by atoms with E-state index in [0.29, 0.717) is 22.2 Å². The number of anilines is 1. The van der Waals surface area contributed by atoms with Crippen LogP contribution in [-0.4, -0.2) is 32.2 Å². The average Bonchev–Trinajstić information content (AvgIpc) is 3.18. The quantitative estimate of drug-likeness (QED) is 0.259. The molecule has 0 spiro atoms. The maximum Gasteiger partial charge on any atom is 0.246 e. The van der Waals surface area contributed by atoms with Crippen LogP contribution in [0.15, 0.2) is 53.8 Å². The second-order valence-electron chi connectivity index (χ2n) is 6.15. The van der Waals surface area contributed by atoms with Crippen LogP contribution < -0.4 is 21.2 Å². The Morgan fingerprint density at radius 2 is 2.03 bits per heavy atom. The lowest BCUT2D eigenvalue weighted by Crippen LogP contribution is -2.23. The Kier molecular flexibility index (Phi) is 7.76. The van der Waals surface area contributed by atoms with Crippen molar-refractivity contribution < 1.29 is 9.53 Å². The van der Waals surface area contributed by atoms with E-state index in [0.717, 1.165) is 5.56 Å². The number of nitrogens with one attached hydrogen (secondary N) is 2. The van der Waals surface area contributed by atoms with E-state index in [2.05, 4.69) is 38.4 Å². The highest BCUT2D eigenvalue weighted by atomic mass is 35.5. The lowest BCUT2D eigenvalue weighted by molar-refractivity contribution is -0.116. The van der Waals surface area contributed by atoms with E-state index in [9.17, 15) is 4.79 Å². The number of hydrazone groups is 1. The molecule has 0 unspecified atom stereocenters. The van der Waals surface area contributed by atoms with Gasteiger partial charge in [0, 0.05) is 0 Å². The first kappa shape index (κ1) is 22.5. The Balaban J connectivity index is 1.49. The maximum absolute atomic E-state index is 12.2. The van der Waals surface area contributed by atoms with Gasteiger partial charge in [-0.3, -0.25) is 10.2 Å². The minimum atomic E-state index is -0.316. The summed E-state index contributed by atoms with van der Waals surface area (Å²) in [7, 11) is 0. The third-order valence-electron chi connectivity index (χ3n) is 3.77. The number of halogens is 2. The van der Waals surface area contributed by atoms with E-state index < -0.39 is 0 Å². The van der Waals surface area contributed by atoms with Gasteiger partial charge in [0.2, 0.25) is 5.91 Å². The molecule has 0 fully saturated rings. The van der Waals surface area contributed by atoms with Gasteiger partial charge in [-0.2, -0.15) is 5.10 Å². The van der Waals surface area contributed by atoms with Gasteiger partial charge in [-0.1, -0.05) is 34.5 Å². The molecule has 0 saturated carbocycles. The molecule has 1 amide bonds. The number of hydrogen-bond acceptors (Lipinski definition) is 6. The molecule has 3 aromatic rings. The van der Waals surface area contributed by atoms with E-state index in [4.69, 9.17) is 33.7 Å². The van der Waals surface area contributed by atoms with Crippen molar-refractivity contribution in [1.82, 2.24) is 20.4 Å². The SMILES string of the molecule is NC(=S)N/N=C/c1ccc(OCc2cn(CC(=O)Nc3cccc(Cl)c3Cl)nn2)cc1. The molecule has 0 aliphatic heterocycles. The number of nitrogens with two attached hydrogens (primary N) is 1. The molecule has 1 aromatic heterocycles. The third-order valence-corrected chi connectivity index (χ3v) is 4.68. The molecule has 31 heavy (non-hydrogen) atoms. The molecular weight excluding hydrogens is 461 g/mol. The van der Waals surface area contributed by atoms with Crippen LogP contribution in [0, 0.1) is 0 Å². The van der Waals surface area contributed by atoms with Crippen LogP contribution in [0.25, 0.3) is 0 Å². The van der Waals surface area contributed by atoms with E-state index in [1.165, 1.54) is 4.68 Å². The second kappa shape index (κ2) is 10.7. The summed E-state index contributed by atoms with van der Waals surface area (Å²) in [6.45, 7) is 0.155. The van der Waals surface area contributed by atoms with E-state index in [1.54, 1.807) is 42.7 Å². The predicted octanol–water partition coefficient (Wildman–Crippen LogP) is 2.97. The van der Waals surface area contributed by atoms with Crippen LogP contribution in [0.1, 0.15) is 11.3 Å². The highest BCUT2D eigenvalue weighted by Crippen LogP contribution is 2.29. The van der Waals surface area contributed by atoms with Crippen molar-refractivity contribution in [2.45, 2.75) is 13.2 Å². The van der Waals surface area contributed by atoms with Crippen LogP contribution in [0.4, 0.5) is 5.69 Å². The van der Waals surface area contributed by atoms with Crippen molar-refractivity contribution in [3.05, 3.63) is 70.0 Å². The van der Waals surface area contributed by atoms with Gasteiger partial charge in [-0.15, -0.1) is 5.10 Å². The first-order chi connectivity index (χ1) is 14.9. The maximum atomic E-state index is 12.2. The summed E-state index contributed by atoms with van der Waals surface area (Å²) in [5.41, 5.74) is 9.61. The minimum absolute atomic E-state index is 0.0376. The van der Waals surface area contributed by atoms with Crippen molar-refractivity contribution in [2.24, 2.45) is 10.8 Å². The molecule has 0 saturated heterocycles. The van der Waals surface area contributed by atoms with Crippen LogP contribution in [0.2, 0.25) is 10.0 Å². The van der Waals surface area contributed by atoms with Gasteiger partial charge < -0.3 is 15.8 Å². The molecule has 9 nitrogen and oxygen atoms in total. The van der Waals surface area contributed by atoms with Gasteiger partial charge in [0.05, 0.1) is 28.1 Å². The zero-order valence-electron chi connectivity index (χ0n) is 16.0. The fourth-order valence-corrected chi connectivity index (χ4v) is 2.80. The number of hydrogen-bond donors (Lipinski definition) is 3. The highest BCUT2D eigenvalue weighted by molar-refractivity contribution is 7.80. The van der Waals surface area contributed by atoms with Crippen LogP contribution >= 0.6 is 35.4 Å². The van der Waals surface area contributed by atoms with Crippen molar-refractivity contribution in [3.63, 3.8) is 0 Å². The van der Waals surface area contributed by atoms with Crippen molar-refractivity contribution in [1.29, 1.82) is 0 Å². The molecule has 0 bridgehead atoms. The molecule has 0 aliphatic carbocycles. The first-order valence-corrected chi connectivity index (χ1v) is 10.0. The fraction of sp³-hybridized carbons (Fsp3) is 0.105. The first-order valence-electron chi connectivity index (χ1n) is 8.85. The Morgan fingerprint density at radius 1 is 1.26 bits per heavy atom. The minimum Gasteiger partial charge on any atom is -0.487 e. The van der Waals surface area contributed by atoms with Crippen LogP contribution in [-0.2, 0) is 17.9 Å². The number of amides is 1. The summed E-state index contributed by atoms with van der Waals surface area (Å²) < 4.78 is 7.09. The Hall–Kier alpha value is -3.21. The lowest BCUT2D eigenvalue weighted by atomic mass is 10.2. The number of rotatable bonds is 8. The third kappa shape index (κ3) is 6.92. The molecule has 0 aliphatic rings. The lowest BCUT2D eigenvalue weighted by Gasteiger charge is -2.07. The average molecular weight is 478 g/mol. The van der Waals surface area contributed by atoms with Crippen molar-refractivity contribution >= 4 is 58.3 Å². The summed E-state index contributed by atoms with van der Waals surface area (Å²) >= 11 is 16.7. The molecular formula is C19H17Cl2N7O2S. The van der Waals surface area contributed by atoms with E-state index in [-0.39, 0.29) is 29.2 Å². The Bertz CT molecular complexity index is 1100. The number of thiocarbonyl (C=S) groups is 1. The fourth-order valence-electron chi connectivity index (χ4n) is 2.40. The van der Waals surface area contributed by atoms with E-state index >= 15 is 0 Å². The Labute approximate surface area is 193 Å². The zero-order chi connectivity index (χ0) is 22.2. The monoisotopic (exact) mass is 477 g/mol. The molecule has 0 radical (unpaired) electrons. The number of carbonyl (C=O) groups excluding carboxylic acids is 1. The number of carbonyl (C=O) groups is 1. The summed E-state index contributed by atoms with van der Waals surface area (Å²) in [5.74, 6) is 0.325. The number of nitrogens with zero attached hydrogens (tertiary/aromatic N) is 4. The van der Waals surface area contributed by atoms with Crippen LogP contribution in [0.3, 0.4) is 0 Å². The summed E-state index contributed by atoms with van der Waals surface area (Å²) in [5, 5.41) is 15.2. The van der Waals surface area contributed by atoms with Crippen molar-refractivity contribution in [2.75, 3.05) is 5.32 Å². The zero-order valence-corrected chi connectivity index (χ0v) is 18.3. The predicted molar refractivity (Wildman–Crippen MR) is 123 cm³/mol. The molecule has 0 atom stereocenters. The second-order valence-corrected chi connectivity index (χ2v) is 7.37. The molecule has 2 aromatic carbocycles. The number of benzene rings is 2. The van der Waals surface area contributed by atoms with Gasteiger partial charge in [0.25, 0.3) is 0 Å². The van der Waals surface area contributed by atoms with Gasteiger partial charge in [-0.25, -0.2) is 4.68 Å². The van der Waals surface area contributed by atoms with Gasteiger partial charge in [0.15, 0.2) is 5.11 Å². The molecule has 160 valence electrons. The Morgan fingerprint density at radius 3 is 2.77 bits per heavy atom. The van der Waals surface area contributed by atoms with Gasteiger partial charge in [0.1, 0.15) is 24.6 Å². The summed E-state index contributed by atoms with van der Waals surface area (Å²) in [4.78, 5) is 12.2. The van der Waals surface area contributed by atoms with E-state index in [1.807, 2.05) is 12.1 Å². The largest absolute Gasteiger partial charge is 0.487 e. The van der Waals surface area contributed by atoms with Crippen LogP contribution in [0.5, 0.6) is 5.75 Å². The summed E-state index contributed by atoms with van der Waals surface area (Å²) in [6, 6.07) is 12.2. The summed E-state index contributed by atoms with van der Waals surface area (Å²) in [6.07, 6.45) is 3.21. The number of aromatic nitrogens is 3. The molecule has 4 N–H and O–H groups in total. The van der Waals surface area contributed by atoms with Gasteiger partial charge >= 0.3 is 0 Å². The smallest absolute Gasteiger partial charge is 0.246 e. The molecule has 12 heteroatoms. The highest BCUT2D eigenvalue weighted by Gasteiger charge is 2.10. The topological polar surface area (TPSA) is 119 Å². The molecule has 1 heterocycles. The number of ether oxygens (including phenoxy) is 1.